The molecule has 0 saturated heterocycles. The molecule has 0 unspecified atom stereocenters. The zero-order valence-electron chi connectivity index (χ0n) is 13.5. The molecule has 1 aliphatic carbocycles. The molecular weight excluding hydrogens is 246 g/mol. The lowest BCUT2D eigenvalue weighted by atomic mass is 10.1. The van der Waals surface area contributed by atoms with Gasteiger partial charge in [0.2, 0.25) is 0 Å². The van der Waals surface area contributed by atoms with E-state index in [1.54, 1.807) is 0 Å². The van der Waals surface area contributed by atoms with Crippen LogP contribution in [-0.2, 0) is 6.42 Å². The Morgan fingerprint density at radius 1 is 1.10 bits per heavy atom. The fourth-order valence-corrected chi connectivity index (χ4v) is 3.43. The highest BCUT2D eigenvalue weighted by atomic mass is 15.3. The van der Waals surface area contributed by atoms with Gasteiger partial charge in [0.1, 0.15) is 0 Å². The summed E-state index contributed by atoms with van der Waals surface area (Å²) in [6, 6.07) is 0.647. The van der Waals surface area contributed by atoms with Crippen LogP contribution >= 0.6 is 0 Å². The summed E-state index contributed by atoms with van der Waals surface area (Å²) in [4.78, 5) is 0. The van der Waals surface area contributed by atoms with Crippen molar-refractivity contribution in [3.05, 3.63) is 17.0 Å². The van der Waals surface area contributed by atoms with Gasteiger partial charge in [-0.15, -0.1) is 0 Å². The number of nitrogens with one attached hydrogen (secondary N) is 1. The minimum Gasteiger partial charge on any atom is -0.316 e. The molecule has 1 aromatic rings. The number of rotatable bonds is 6. The molecule has 0 aromatic carbocycles. The van der Waals surface area contributed by atoms with Crippen molar-refractivity contribution in [1.82, 2.24) is 15.1 Å². The summed E-state index contributed by atoms with van der Waals surface area (Å²) < 4.78 is 2.34. The summed E-state index contributed by atoms with van der Waals surface area (Å²) >= 11 is 0. The lowest BCUT2D eigenvalue weighted by Gasteiger charge is -2.17. The van der Waals surface area contributed by atoms with Crippen LogP contribution in [0.5, 0.6) is 0 Å². The van der Waals surface area contributed by atoms with E-state index in [1.807, 2.05) is 0 Å². The normalized spacial score (nSPS) is 17.4. The quantitative estimate of drug-likeness (QED) is 0.630. The van der Waals surface area contributed by atoms with Crippen molar-refractivity contribution in [2.75, 3.05) is 13.1 Å². The van der Waals surface area contributed by atoms with Gasteiger partial charge in [-0.3, -0.25) is 4.68 Å². The molecule has 1 N–H and O–H groups in total. The molecule has 20 heavy (non-hydrogen) atoms. The Hall–Kier alpha value is -0.830. The van der Waals surface area contributed by atoms with Crippen LogP contribution in [0, 0.1) is 13.8 Å². The molecule has 1 aliphatic rings. The van der Waals surface area contributed by atoms with E-state index in [0.717, 1.165) is 19.5 Å². The first-order valence-electron chi connectivity index (χ1n) is 8.49. The van der Waals surface area contributed by atoms with Crippen LogP contribution in [0.15, 0.2) is 0 Å². The molecule has 0 amide bonds. The maximum Gasteiger partial charge on any atom is 0.0629 e. The summed E-state index contributed by atoms with van der Waals surface area (Å²) in [5.41, 5.74) is 4.12. The monoisotopic (exact) mass is 277 g/mol. The molecule has 1 fully saturated rings. The number of hydrogen-bond donors (Lipinski definition) is 1. The van der Waals surface area contributed by atoms with Crippen LogP contribution in [0.3, 0.4) is 0 Å². The molecular formula is C17H31N3. The third-order valence-corrected chi connectivity index (χ3v) is 4.62. The van der Waals surface area contributed by atoms with Crippen LogP contribution in [0.2, 0.25) is 0 Å². The summed E-state index contributed by atoms with van der Waals surface area (Å²) in [6.45, 7) is 8.85. The van der Waals surface area contributed by atoms with E-state index >= 15 is 0 Å². The van der Waals surface area contributed by atoms with E-state index in [4.69, 9.17) is 5.10 Å². The molecule has 0 bridgehead atoms. The second kappa shape index (κ2) is 7.82. The first kappa shape index (κ1) is 15.6. The van der Waals surface area contributed by atoms with E-state index in [-0.39, 0.29) is 0 Å². The standard InChI is InChI=1S/C17H31N3/c1-4-12-18-13-11-17-14(2)19-20(15(17)3)16-9-7-5-6-8-10-16/h16,18H,4-13H2,1-3H3. The molecule has 3 heteroatoms. The van der Waals surface area contributed by atoms with Gasteiger partial charge in [-0.05, 0) is 58.2 Å². The highest BCUT2D eigenvalue weighted by molar-refractivity contribution is 5.25. The summed E-state index contributed by atoms with van der Waals surface area (Å²) in [7, 11) is 0. The van der Waals surface area contributed by atoms with E-state index < -0.39 is 0 Å². The molecule has 1 saturated carbocycles. The van der Waals surface area contributed by atoms with Gasteiger partial charge < -0.3 is 5.32 Å². The number of aryl methyl sites for hydroxylation is 1. The molecule has 2 rings (SSSR count). The van der Waals surface area contributed by atoms with E-state index in [9.17, 15) is 0 Å². The van der Waals surface area contributed by atoms with Gasteiger partial charge in [-0.25, -0.2) is 0 Å². The van der Waals surface area contributed by atoms with Gasteiger partial charge in [-0.1, -0.05) is 32.6 Å². The first-order chi connectivity index (χ1) is 9.74. The SMILES string of the molecule is CCCNCCc1c(C)nn(C2CCCCCC2)c1C. The Kier molecular flexibility index (Phi) is 6.08. The fraction of sp³-hybridized carbons (Fsp3) is 0.824. The maximum absolute atomic E-state index is 4.86. The summed E-state index contributed by atoms with van der Waals surface area (Å²) in [6.07, 6.45) is 10.5. The molecule has 0 aliphatic heterocycles. The number of nitrogens with zero attached hydrogens (tertiary/aromatic N) is 2. The predicted octanol–water partition coefficient (Wildman–Crippen LogP) is 3.94. The lowest BCUT2D eigenvalue weighted by molar-refractivity contribution is 0.396. The van der Waals surface area contributed by atoms with Crippen LogP contribution in [0.4, 0.5) is 0 Å². The molecule has 0 radical (unpaired) electrons. The fourth-order valence-electron chi connectivity index (χ4n) is 3.43. The second-order valence-corrected chi connectivity index (χ2v) is 6.24. The summed E-state index contributed by atoms with van der Waals surface area (Å²) in [5.74, 6) is 0. The molecule has 1 heterocycles. The van der Waals surface area contributed by atoms with Crippen molar-refractivity contribution < 1.29 is 0 Å². The van der Waals surface area contributed by atoms with E-state index in [0.29, 0.717) is 6.04 Å². The average molecular weight is 277 g/mol. The lowest BCUT2D eigenvalue weighted by Crippen LogP contribution is -2.18. The smallest absolute Gasteiger partial charge is 0.0629 e. The van der Waals surface area contributed by atoms with Gasteiger partial charge >= 0.3 is 0 Å². The third-order valence-electron chi connectivity index (χ3n) is 4.62. The first-order valence-corrected chi connectivity index (χ1v) is 8.49. The molecule has 1 aromatic heterocycles. The summed E-state index contributed by atoms with van der Waals surface area (Å²) in [5, 5.41) is 8.36. The van der Waals surface area contributed by atoms with Crippen molar-refractivity contribution in [3.8, 4) is 0 Å². The van der Waals surface area contributed by atoms with Gasteiger partial charge in [-0.2, -0.15) is 5.10 Å². The Bertz CT molecular complexity index is 401. The van der Waals surface area contributed by atoms with Crippen LogP contribution in [-0.4, -0.2) is 22.9 Å². The molecule has 3 nitrogen and oxygen atoms in total. The Morgan fingerprint density at radius 3 is 2.45 bits per heavy atom. The Labute approximate surface area is 124 Å². The molecule has 0 atom stereocenters. The topological polar surface area (TPSA) is 29.9 Å². The average Bonchev–Trinajstić information content (AvgIpc) is 2.65. The van der Waals surface area contributed by atoms with Gasteiger partial charge in [0, 0.05) is 5.69 Å². The van der Waals surface area contributed by atoms with Gasteiger partial charge in [0.05, 0.1) is 11.7 Å². The molecule has 114 valence electrons. The van der Waals surface area contributed by atoms with E-state index in [2.05, 4.69) is 30.8 Å². The highest BCUT2D eigenvalue weighted by Gasteiger charge is 2.19. The second-order valence-electron chi connectivity index (χ2n) is 6.24. The number of aromatic nitrogens is 2. The van der Waals surface area contributed by atoms with Crippen molar-refractivity contribution in [2.45, 2.75) is 78.2 Å². The predicted molar refractivity (Wildman–Crippen MR) is 85.3 cm³/mol. The van der Waals surface area contributed by atoms with Crippen LogP contribution in [0.25, 0.3) is 0 Å². The largest absolute Gasteiger partial charge is 0.316 e. The molecule has 0 spiro atoms. The highest BCUT2D eigenvalue weighted by Crippen LogP contribution is 2.29. The van der Waals surface area contributed by atoms with Gasteiger partial charge in [0.15, 0.2) is 0 Å². The maximum atomic E-state index is 4.86. The van der Waals surface area contributed by atoms with Crippen LogP contribution < -0.4 is 5.32 Å². The van der Waals surface area contributed by atoms with Gasteiger partial charge in [0.25, 0.3) is 0 Å². The van der Waals surface area contributed by atoms with Crippen molar-refractivity contribution >= 4 is 0 Å². The third kappa shape index (κ3) is 3.85. The zero-order valence-corrected chi connectivity index (χ0v) is 13.5. The minimum absolute atomic E-state index is 0.647. The zero-order chi connectivity index (χ0) is 14.4. The van der Waals surface area contributed by atoms with Crippen molar-refractivity contribution in [2.24, 2.45) is 0 Å². The van der Waals surface area contributed by atoms with Crippen LogP contribution in [0.1, 0.15) is 74.9 Å². The minimum atomic E-state index is 0.647. The van der Waals surface area contributed by atoms with E-state index in [1.165, 1.54) is 61.9 Å². The Balaban J connectivity index is 2.03. The van der Waals surface area contributed by atoms with Crippen molar-refractivity contribution in [3.63, 3.8) is 0 Å². The Morgan fingerprint density at radius 2 is 1.80 bits per heavy atom. The number of hydrogen-bond acceptors (Lipinski definition) is 2. The van der Waals surface area contributed by atoms with Crippen molar-refractivity contribution in [1.29, 1.82) is 0 Å².